The summed E-state index contributed by atoms with van der Waals surface area (Å²) in [7, 11) is 0. The van der Waals surface area contributed by atoms with E-state index in [-0.39, 0.29) is 18.6 Å². The highest BCUT2D eigenvalue weighted by Crippen LogP contribution is 2.10. The van der Waals surface area contributed by atoms with Crippen LogP contribution in [0.15, 0.2) is 54.6 Å². The largest absolute Gasteiger partial charge is 0.394 e. The zero-order valence-corrected chi connectivity index (χ0v) is 12.8. The summed E-state index contributed by atoms with van der Waals surface area (Å²) < 4.78 is 0. The summed E-state index contributed by atoms with van der Waals surface area (Å²) in [5, 5.41) is 15.0. The Bertz CT molecular complexity index is 582. The summed E-state index contributed by atoms with van der Waals surface area (Å²) in [6.07, 6.45) is 0.955. The van der Waals surface area contributed by atoms with Crippen LogP contribution in [-0.4, -0.2) is 30.2 Å². The highest BCUT2D eigenvalue weighted by molar-refractivity contribution is 5.94. The maximum absolute atomic E-state index is 11.9. The molecule has 0 saturated carbocycles. The number of hydrogen-bond donors (Lipinski definition) is 3. The van der Waals surface area contributed by atoms with Gasteiger partial charge in [0.05, 0.1) is 6.61 Å². The number of aliphatic hydroxyl groups excluding tert-OH is 1. The van der Waals surface area contributed by atoms with Gasteiger partial charge in [-0.15, -0.1) is 0 Å². The first kappa shape index (κ1) is 16.0. The van der Waals surface area contributed by atoms with Crippen molar-refractivity contribution in [2.75, 3.05) is 18.5 Å². The Morgan fingerprint density at radius 3 is 2.41 bits per heavy atom. The van der Waals surface area contributed by atoms with Crippen molar-refractivity contribution in [1.82, 2.24) is 5.32 Å². The number of rotatable bonds is 7. The Kier molecular flexibility index (Phi) is 5.98. The van der Waals surface area contributed by atoms with Gasteiger partial charge in [0.25, 0.3) is 5.91 Å². The van der Waals surface area contributed by atoms with Gasteiger partial charge in [-0.25, -0.2) is 0 Å². The number of anilines is 1. The maximum atomic E-state index is 11.9. The molecule has 0 aliphatic rings. The summed E-state index contributed by atoms with van der Waals surface area (Å²) in [6.45, 7) is 2.54. The standard InChI is InChI=1S/C18H22N2O2/c1-14(13-21)20-18(22)16-7-9-17(10-8-16)19-12-11-15-5-3-2-4-6-15/h2-10,14,19,21H,11-13H2,1H3,(H,20,22). The lowest BCUT2D eigenvalue weighted by molar-refractivity contribution is 0.0922. The first-order chi connectivity index (χ1) is 10.7. The van der Waals surface area contributed by atoms with Gasteiger partial charge in [0.15, 0.2) is 0 Å². The third-order valence-corrected chi connectivity index (χ3v) is 3.38. The fourth-order valence-corrected chi connectivity index (χ4v) is 2.09. The Morgan fingerprint density at radius 1 is 1.09 bits per heavy atom. The van der Waals surface area contributed by atoms with Crippen LogP contribution in [0.1, 0.15) is 22.8 Å². The lowest BCUT2D eigenvalue weighted by Crippen LogP contribution is -2.34. The number of carbonyl (C=O) groups excluding carboxylic acids is 1. The van der Waals surface area contributed by atoms with Crippen molar-refractivity contribution < 1.29 is 9.90 Å². The molecule has 116 valence electrons. The summed E-state index contributed by atoms with van der Waals surface area (Å²) in [5.74, 6) is -0.169. The van der Waals surface area contributed by atoms with Gasteiger partial charge in [0.2, 0.25) is 0 Å². The topological polar surface area (TPSA) is 61.4 Å². The molecule has 0 radical (unpaired) electrons. The van der Waals surface area contributed by atoms with Crippen molar-refractivity contribution in [3.63, 3.8) is 0 Å². The third-order valence-electron chi connectivity index (χ3n) is 3.38. The molecule has 0 saturated heterocycles. The molecule has 0 aliphatic carbocycles. The number of hydrogen-bond acceptors (Lipinski definition) is 3. The summed E-state index contributed by atoms with van der Waals surface area (Å²) in [4.78, 5) is 11.9. The Labute approximate surface area is 131 Å². The van der Waals surface area contributed by atoms with Crippen LogP contribution in [0.25, 0.3) is 0 Å². The van der Waals surface area contributed by atoms with Crippen LogP contribution in [0.5, 0.6) is 0 Å². The quantitative estimate of drug-likeness (QED) is 0.736. The third kappa shape index (κ3) is 4.90. The normalized spacial score (nSPS) is 11.7. The maximum Gasteiger partial charge on any atom is 0.251 e. The summed E-state index contributed by atoms with van der Waals surface area (Å²) in [5.41, 5.74) is 2.88. The highest BCUT2D eigenvalue weighted by Gasteiger charge is 2.08. The zero-order chi connectivity index (χ0) is 15.8. The second-order valence-corrected chi connectivity index (χ2v) is 5.30. The highest BCUT2D eigenvalue weighted by atomic mass is 16.3. The van der Waals surface area contributed by atoms with Crippen LogP contribution in [0.2, 0.25) is 0 Å². The smallest absolute Gasteiger partial charge is 0.251 e. The fourth-order valence-electron chi connectivity index (χ4n) is 2.09. The average molecular weight is 298 g/mol. The number of aliphatic hydroxyl groups is 1. The van der Waals surface area contributed by atoms with E-state index in [1.54, 1.807) is 19.1 Å². The number of amides is 1. The molecule has 4 heteroatoms. The fraction of sp³-hybridized carbons (Fsp3) is 0.278. The van der Waals surface area contributed by atoms with E-state index in [1.165, 1.54) is 5.56 Å². The van der Waals surface area contributed by atoms with Crippen LogP contribution < -0.4 is 10.6 Å². The molecule has 2 rings (SSSR count). The molecule has 3 N–H and O–H groups in total. The van der Waals surface area contributed by atoms with E-state index < -0.39 is 0 Å². The second kappa shape index (κ2) is 8.20. The van der Waals surface area contributed by atoms with Crippen molar-refractivity contribution in [2.45, 2.75) is 19.4 Å². The zero-order valence-electron chi connectivity index (χ0n) is 12.8. The van der Waals surface area contributed by atoms with E-state index in [4.69, 9.17) is 5.11 Å². The predicted octanol–water partition coefficient (Wildman–Crippen LogP) is 2.45. The minimum atomic E-state index is -0.240. The van der Waals surface area contributed by atoms with Crippen molar-refractivity contribution in [2.24, 2.45) is 0 Å². The summed E-state index contributed by atoms with van der Waals surface area (Å²) in [6, 6.07) is 17.4. The molecular weight excluding hydrogens is 276 g/mol. The molecule has 0 aromatic heterocycles. The van der Waals surface area contributed by atoms with Crippen molar-refractivity contribution >= 4 is 11.6 Å². The predicted molar refractivity (Wildman–Crippen MR) is 89.1 cm³/mol. The number of carbonyl (C=O) groups is 1. The van der Waals surface area contributed by atoms with Gasteiger partial charge >= 0.3 is 0 Å². The average Bonchev–Trinajstić information content (AvgIpc) is 2.56. The van der Waals surface area contributed by atoms with Crippen molar-refractivity contribution in [3.8, 4) is 0 Å². The van der Waals surface area contributed by atoms with Crippen LogP contribution in [0, 0.1) is 0 Å². The Hall–Kier alpha value is -2.33. The molecule has 0 heterocycles. The van der Waals surface area contributed by atoms with Gasteiger partial charge in [-0.2, -0.15) is 0 Å². The molecule has 0 spiro atoms. The van der Waals surface area contributed by atoms with E-state index in [0.29, 0.717) is 5.56 Å². The molecule has 0 aliphatic heterocycles. The van der Waals surface area contributed by atoms with E-state index in [0.717, 1.165) is 18.7 Å². The van der Waals surface area contributed by atoms with E-state index in [2.05, 4.69) is 22.8 Å². The SMILES string of the molecule is CC(CO)NC(=O)c1ccc(NCCc2ccccc2)cc1. The molecule has 4 nitrogen and oxygen atoms in total. The number of benzene rings is 2. The van der Waals surface area contributed by atoms with Gasteiger partial charge in [-0.3, -0.25) is 4.79 Å². The van der Waals surface area contributed by atoms with Gasteiger partial charge in [0, 0.05) is 23.8 Å². The van der Waals surface area contributed by atoms with Crippen molar-refractivity contribution in [1.29, 1.82) is 0 Å². The van der Waals surface area contributed by atoms with Crippen LogP contribution in [0.3, 0.4) is 0 Å². The van der Waals surface area contributed by atoms with Gasteiger partial charge in [-0.1, -0.05) is 30.3 Å². The van der Waals surface area contributed by atoms with Gasteiger partial charge in [0.1, 0.15) is 0 Å². The first-order valence-electron chi connectivity index (χ1n) is 7.48. The van der Waals surface area contributed by atoms with E-state index >= 15 is 0 Å². The van der Waals surface area contributed by atoms with Crippen LogP contribution in [-0.2, 0) is 6.42 Å². The molecule has 2 aromatic carbocycles. The monoisotopic (exact) mass is 298 g/mol. The van der Waals surface area contributed by atoms with Crippen LogP contribution in [0.4, 0.5) is 5.69 Å². The lowest BCUT2D eigenvalue weighted by Gasteiger charge is -2.11. The van der Waals surface area contributed by atoms with E-state index in [1.807, 2.05) is 30.3 Å². The molecule has 22 heavy (non-hydrogen) atoms. The Morgan fingerprint density at radius 2 is 1.77 bits per heavy atom. The van der Waals surface area contributed by atoms with Gasteiger partial charge < -0.3 is 15.7 Å². The lowest BCUT2D eigenvalue weighted by atomic mass is 10.1. The van der Waals surface area contributed by atoms with Crippen LogP contribution >= 0.6 is 0 Å². The minimum Gasteiger partial charge on any atom is -0.394 e. The van der Waals surface area contributed by atoms with Crippen molar-refractivity contribution in [3.05, 3.63) is 65.7 Å². The molecule has 0 bridgehead atoms. The molecule has 2 aromatic rings. The van der Waals surface area contributed by atoms with E-state index in [9.17, 15) is 4.79 Å². The summed E-state index contributed by atoms with van der Waals surface area (Å²) >= 11 is 0. The molecule has 1 atom stereocenters. The Balaban J connectivity index is 1.83. The molecule has 0 fully saturated rings. The number of nitrogens with one attached hydrogen (secondary N) is 2. The molecule has 1 amide bonds. The minimum absolute atomic E-state index is 0.0646. The molecule has 1 unspecified atom stereocenters. The van der Waals surface area contributed by atoms with Gasteiger partial charge in [-0.05, 0) is 43.2 Å². The molecular formula is C18H22N2O2. The second-order valence-electron chi connectivity index (χ2n) is 5.30. The first-order valence-corrected chi connectivity index (χ1v) is 7.48.